The maximum Gasteiger partial charge on any atom is 0.126 e. The average Bonchev–Trinajstić information content (AvgIpc) is 2.59. The van der Waals surface area contributed by atoms with Crippen molar-refractivity contribution < 1.29 is 0 Å². The van der Waals surface area contributed by atoms with Crippen molar-refractivity contribution in [3.05, 3.63) is 91.0 Å². The Hall–Kier alpha value is -1.00. The molecule has 0 aliphatic carbocycles. The molecule has 0 amide bonds. The van der Waals surface area contributed by atoms with Gasteiger partial charge in [-0.3, -0.25) is 0 Å². The van der Waals surface area contributed by atoms with Gasteiger partial charge < -0.3 is 0 Å². The van der Waals surface area contributed by atoms with E-state index >= 15 is 0 Å². The first kappa shape index (κ1) is 17.4. The molecule has 0 spiro atoms. The summed E-state index contributed by atoms with van der Waals surface area (Å²) in [5, 5.41) is 4.43. The molecule has 0 aliphatic heterocycles. The zero-order chi connectivity index (χ0) is 14.5. The monoisotopic (exact) mass is 389 g/mol. The number of benzene rings is 3. The fraction of sp³-hybridized carbons (Fsp3) is 0.0526. The smallest absolute Gasteiger partial charge is 0.114 e. The lowest BCUT2D eigenvalue weighted by Gasteiger charge is -2.25. The Morgan fingerprint density at radius 1 is 0.545 bits per heavy atom. The molecule has 112 valence electrons. The Labute approximate surface area is 145 Å². The van der Waals surface area contributed by atoms with Crippen molar-refractivity contribution in [1.82, 2.24) is 0 Å². The van der Waals surface area contributed by atoms with Gasteiger partial charge in [0.2, 0.25) is 0 Å². The summed E-state index contributed by atoms with van der Waals surface area (Å²) >= 11 is 0. The van der Waals surface area contributed by atoms with Gasteiger partial charge in [-0.15, -0.1) is 17.0 Å². The first-order valence-electron chi connectivity index (χ1n) is 7.13. The van der Waals surface area contributed by atoms with Gasteiger partial charge in [0.05, 0.1) is 8.27 Å². The minimum absolute atomic E-state index is 0. The zero-order valence-electron chi connectivity index (χ0n) is 12.5. The van der Waals surface area contributed by atoms with Crippen molar-refractivity contribution in [3.8, 4) is 0 Å². The van der Waals surface area contributed by atoms with E-state index in [-0.39, 0.29) is 17.0 Å². The Morgan fingerprint density at radius 2 is 0.818 bits per heavy atom. The van der Waals surface area contributed by atoms with Crippen LogP contribution in [0.15, 0.2) is 91.0 Å². The largest absolute Gasteiger partial charge is 0.126 e. The van der Waals surface area contributed by atoms with Crippen LogP contribution in [0.4, 0.5) is 0 Å². The molecule has 3 aromatic rings. The Morgan fingerprint density at radius 3 is 1.05 bits per heavy atom. The number of hydrogen-bond acceptors (Lipinski definition) is 0. The van der Waals surface area contributed by atoms with E-state index in [1.54, 1.807) is 0 Å². The van der Waals surface area contributed by atoms with E-state index in [1.165, 1.54) is 15.9 Å². The predicted molar refractivity (Wildman–Crippen MR) is 110 cm³/mol. The molecule has 1 unspecified atom stereocenters. The van der Waals surface area contributed by atoms with Gasteiger partial charge in [-0.05, 0) is 43.1 Å². The average molecular weight is 390 g/mol. The molecule has 0 bridgehead atoms. The molecule has 0 saturated carbocycles. The molecular formula is C19H20BrP2+. The fourth-order valence-corrected chi connectivity index (χ4v) is 9.98. The first-order valence-corrected chi connectivity index (χ1v) is 11.3. The van der Waals surface area contributed by atoms with E-state index in [9.17, 15) is 0 Å². The van der Waals surface area contributed by atoms with Crippen LogP contribution in [0.2, 0.25) is 0 Å². The molecule has 3 heteroatoms. The van der Waals surface area contributed by atoms with Crippen molar-refractivity contribution >= 4 is 48.1 Å². The minimum atomic E-state index is -1.51. The summed E-state index contributed by atoms with van der Waals surface area (Å²) in [7, 11) is 0.863. The van der Waals surface area contributed by atoms with Gasteiger partial charge in [0, 0.05) is 0 Å². The van der Waals surface area contributed by atoms with Crippen molar-refractivity contribution in [1.29, 1.82) is 0 Å². The van der Waals surface area contributed by atoms with Crippen molar-refractivity contribution in [2.45, 2.75) is 0 Å². The van der Waals surface area contributed by atoms with Crippen molar-refractivity contribution in [2.24, 2.45) is 0 Å². The molecule has 3 aromatic carbocycles. The molecule has 0 heterocycles. The Balaban J connectivity index is 0.00000176. The van der Waals surface area contributed by atoms with E-state index in [0.717, 1.165) is 8.27 Å². The highest BCUT2D eigenvalue weighted by Crippen LogP contribution is 2.69. The predicted octanol–water partition coefficient (Wildman–Crippen LogP) is 4.78. The standard InChI is InChI=1S/C19H19P2.BrH/c1-20-21(17-11-5-2-6-12-17,18-13-7-3-8-14-18)19-15-9-4-10-16-19;/h2-16,20H,1H3;1H/q+1;. The van der Waals surface area contributed by atoms with E-state index in [4.69, 9.17) is 0 Å². The minimum Gasteiger partial charge on any atom is -0.114 e. The SMILES string of the molecule is Br.CP[P+](c1ccccc1)(c1ccccc1)c1ccccc1. The highest BCUT2D eigenvalue weighted by Gasteiger charge is 2.43. The lowest BCUT2D eigenvalue weighted by Crippen LogP contribution is -2.27. The summed E-state index contributed by atoms with van der Waals surface area (Å²) < 4.78 is 0. The Kier molecular flexibility index (Phi) is 6.33. The molecular weight excluding hydrogens is 370 g/mol. The molecule has 3 rings (SSSR count). The Bertz CT molecular complexity index is 588. The van der Waals surface area contributed by atoms with Crippen LogP contribution in [-0.4, -0.2) is 6.66 Å². The number of hydrogen-bond donors (Lipinski definition) is 0. The molecule has 0 radical (unpaired) electrons. The molecule has 0 fully saturated rings. The summed E-state index contributed by atoms with van der Waals surface area (Å²) in [4.78, 5) is 0. The summed E-state index contributed by atoms with van der Waals surface area (Å²) in [6.45, 7) is 0.842. The molecule has 0 N–H and O–H groups in total. The molecule has 0 aromatic heterocycles. The van der Waals surface area contributed by atoms with Crippen LogP contribution in [0.3, 0.4) is 0 Å². The summed E-state index contributed by atoms with van der Waals surface area (Å²) in [6, 6.07) is 33.1. The third kappa shape index (κ3) is 3.18. The van der Waals surface area contributed by atoms with Crippen molar-refractivity contribution in [3.63, 3.8) is 0 Å². The molecule has 0 nitrogen and oxygen atoms in total. The van der Waals surface area contributed by atoms with E-state index in [0.29, 0.717) is 0 Å². The van der Waals surface area contributed by atoms with Gasteiger partial charge in [0.1, 0.15) is 22.9 Å². The first-order chi connectivity index (χ1) is 10.4. The molecule has 22 heavy (non-hydrogen) atoms. The maximum absolute atomic E-state index is 2.35. The highest BCUT2D eigenvalue weighted by molar-refractivity contribution is 8.93. The molecule has 0 saturated heterocycles. The van der Waals surface area contributed by atoms with Crippen LogP contribution in [-0.2, 0) is 0 Å². The summed E-state index contributed by atoms with van der Waals surface area (Å²) in [5.74, 6) is 0. The second-order valence-corrected chi connectivity index (χ2v) is 11.6. The quantitative estimate of drug-likeness (QED) is 0.563. The van der Waals surface area contributed by atoms with Crippen LogP contribution in [0, 0.1) is 0 Å². The van der Waals surface area contributed by atoms with Crippen LogP contribution >= 0.6 is 32.2 Å². The van der Waals surface area contributed by atoms with Gasteiger partial charge in [0.15, 0.2) is 0 Å². The number of halogens is 1. The van der Waals surface area contributed by atoms with E-state index < -0.39 is 6.95 Å². The summed E-state index contributed by atoms with van der Waals surface area (Å²) in [6.07, 6.45) is 0. The van der Waals surface area contributed by atoms with E-state index in [2.05, 4.69) is 97.7 Å². The maximum atomic E-state index is 2.35. The molecule has 0 aliphatic rings. The van der Waals surface area contributed by atoms with Gasteiger partial charge in [-0.25, -0.2) is 0 Å². The second-order valence-electron chi connectivity index (χ2n) is 4.90. The lowest BCUT2D eigenvalue weighted by atomic mass is 10.4. The zero-order valence-corrected chi connectivity index (χ0v) is 16.1. The van der Waals surface area contributed by atoms with Gasteiger partial charge in [-0.2, -0.15) is 0 Å². The van der Waals surface area contributed by atoms with Crippen LogP contribution in [0.25, 0.3) is 0 Å². The van der Waals surface area contributed by atoms with Gasteiger partial charge in [-0.1, -0.05) is 54.6 Å². The number of rotatable bonds is 4. The van der Waals surface area contributed by atoms with E-state index in [1.807, 2.05) is 0 Å². The van der Waals surface area contributed by atoms with Gasteiger partial charge >= 0.3 is 0 Å². The van der Waals surface area contributed by atoms with Crippen molar-refractivity contribution in [2.75, 3.05) is 6.66 Å². The van der Waals surface area contributed by atoms with Crippen LogP contribution < -0.4 is 15.9 Å². The second kappa shape index (κ2) is 8.02. The fourth-order valence-electron chi connectivity index (χ4n) is 2.79. The topological polar surface area (TPSA) is 0 Å². The third-order valence-electron chi connectivity index (χ3n) is 3.77. The third-order valence-corrected chi connectivity index (χ3v) is 12.0. The highest BCUT2D eigenvalue weighted by atomic mass is 79.9. The van der Waals surface area contributed by atoms with Crippen LogP contribution in [0.5, 0.6) is 0 Å². The molecule has 1 atom stereocenters. The summed E-state index contributed by atoms with van der Waals surface area (Å²) in [5.41, 5.74) is 0. The van der Waals surface area contributed by atoms with Gasteiger partial charge in [0.25, 0.3) is 0 Å². The van der Waals surface area contributed by atoms with Crippen LogP contribution in [0.1, 0.15) is 0 Å². The lowest BCUT2D eigenvalue weighted by molar-refractivity contribution is 1.73. The normalized spacial score (nSPS) is 11.3.